The summed E-state index contributed by atoms with van der Waals surface area (Å²) in [5.74, 6) is 1.44. The fourth-order valence-corrected chi connectivity index (χ4v) is 3.90. The van der Waals surface area contributed by atoms with Crippen molar-refractivity contribution in [3.8, 4) is 11.5 Å². The summed E-state index contributed by atoms with van der Waals surface area (Å²) in [6, 6.07) is 12.8. The summed E-state index contributed by atoms with van der Waals surface area (Å²) < 4.78 is 11.8. The quantitative estimate of drug-likeness (QED) is 0.247. The van der Waals surface area contributed by atoms with Gasteiger partial charge in [0.05, 0.1) is 31.0 Å². The molecule has 0 radical (unpaired) electrons. The molecule has 178 valence electrons. The summed E-state index contributed by atoms with van der Waals surface area (Å²) in [6.45, 7) is 2.91. The first kappa shape index (κ1) is 23.4. The number of benzene rings is 2. The van der Waals surface area contributed by atoms with Crippen molar-refractivity contribution in [2.24, 2.45) is 5.10 Å². The summed E-state index contributed by atoms with van der Waals surface area (Å²) in [6.07, 6.45) is 8.80. The Morgan fingerprint density at radius 2 is 1.65 bits per heavy atom. The van der Waals surface area contributed by atoms with E-state index in [1.807, 2.05) is 24.3 Å². The Bertz CT molecular complexity index is 1400. The van der Waals surface area contributed by atoms with Crippen molar-refractivity contribution >= 4 is 28.2 Å². The number of aromatic amines is 2. The van der Waals surface area contributed by atoms with Gasteiger partial charge >= 0.3 is 11.2 Å². The number of aromatic nitrogens is 3. The number of nitrogens with one attached hydrogen (secondary N) is 2. The molecule has 4 aromatic rings. The van der Waals surface area contributed by atoms with E-state index in [2.05, 4.69) is 22.0 Å². The van der Waals surface area contributed by atoms with Gasteiger partial charge in [0.15, 0.2) is 0 Å². The molecule has 8 nitrogen and oxygen atoms in total. The number of methoxy groups -OCH3 is 1. The van der Waals surface area contributed by atoms with Crippen LogP contribution in [0.1, 0.15) is 51.0 Å². The molecule has 2 aromatic carbocycles. The average molecular weight is 463 g/mol. The van der Waals surface area contributed by atoms with Gasteiger partial charge < -0.3 is 19.4 Å². The van der Waals surface area contributed by atoms with Crippen LogP contribution in [0.4, 0.5) is 0 Å². The summed E-state index contributed by atoms with van der Waals surface area (Å²) in [5.41, 5.74) is 1.04. The summed E-state index contributed by atoms with van der Waals surface area (Å²) >= 11 is 0. The van der Waals surface area contributed by atoms with Crippen LogP contribution in [0.3, 0.4) is 0 Å². The zero-order chi connectivity index (χ0) is 23.9. The van der Waals surface area contributed by atoms with Crippen molar-refractivity contribution in [3.05, 3.63) is 68.9 Å². The largest absolute Gasteiger partial charge is 0.497 e. The molecule has 0 unspecified atom stereocenters. The number of fused-ring (bicyclic) bond motifs is 3. The van der Waals surface area contributed by atoms with Crippen LogP contribution in [-0.4, -0.2) is 34.6 Å². The minimum absolute atomic E-state index is 0.276. The number of rotatable bonds is 11. The van der Waals surface area contributed by atoms with Crippen molar-refractivity contribution < 1.29 is 9.47 Å². The molecule has 0 aliphatic carbocycles. The highest BCUT2D eigenvalue weighted by Crippen LogP contribution is 2.24. The number of unbranched alkanes of at least 4 members (excludes halogenated alkanes) is 5. The maximum Gasteiger partial charge on any atom is 0.350 e. The smallest absolute Gasteiger partial charge is 0.350 e. The Morgan fingerprint density at radius 1 is 0.912 bits per heavy atom. The molecule has 0 aliphatic heterocycles. The second-order valence-corrected chi connectivity index (χ2v) is 8.26. The normalized spacial score (nSPS) is 11.6. The third-order valence-electron chi connectivity index (χ3n) is 5.81. The average Bonchev–Trinajstić information content (AvgIpc) is 3.22. The Kier molecular flexibility index (Phi) is 7.47. The van der Waals surface area contributed by atoms with Crippen molar-refractivity contribution in [1.29, 1.82) is 0 Å². The predicted octanol–water partition coefficient (Wildman–Crippen LogP) is 4.80. The highest BCUT2D eigenvalue weighted by molar-refractivity contribution is 6.04. The topological polar surface area (TPSA) is 101 Å². The van der Waals surface area contributed by atoms with Gasteiger partial charge in [0.25, 0.3) is 0 Å². The standard InChI is InChI=1S/C26H30N4O4/c1-3-4-5-6-7-8-15-34-19-11-9-18(10-12-19)17-27-30-25(31)24-23(29-26(30)32)21-14-13-20(33-2)16-22(21)28-24/h9-14,16-17,28H,3-8,15H2,1-2H3,(H,29,32)/b27-17+. The molecule has 0 spiro atoms. The van der Waals surface area contributed by atoms with Crippen LogP contribution in [0.15, 0.2) is 57.2 Å². The van der Waals surface area contributed by atoms with Gasteiger partial charge in [-0.25, -0.2) is 4.79 Å². The monoisotopic (exact) mass is 462 g/mol. The Balaban J connectivity index is 1.45. The molecule has 2 N–H and O–H groups in total. The van der Waals surface area contributed by atoms with Gasteiger partial charge in [-0.15, -0.1) is 4.68 Å². The number of ether oxygens (including phenoxy) is 2. The third kappa shape index (κ3) is 5.22. The van der Waals surface area contributed by atoms with E-state index < -0.39 is 11.2 Å². The molecule has 0 bridgehead atoms. The molecule has 0 saturated heterocycles. The molecular weight excluding hydrogens is 432 g/mol. The molecule has 0 fully saturated rings. The Morgan fingerprint density at radius 3 is 2.41 bits per heavy atom. The third-order valence-corrected chi connectivity index (χ3v) is 5.81. The zero-order valence-electron chi connectivity index (χ0n) is 19.6. The van der Waals surface area contributed by atoms with Gasteiger partial charge in [0, 0.05) is 11.5 Å². The minimum atomic E-state index is -0.607. The molecule has 2 heterocycles. The number of nitrogens with zero attached hydrogens (tertiary/aromatic N) is 2. The van der Waals surface area contributed by atoms with E-state index in [-0.39, 0.29) is 5.52 Å². The lowest BCUT2D eigenvalue weighted by atomic mass is 10.1. The van der Waals surface area contributed by atoms with Gasteiger partial charge in [-0.3, -0.25) is 4.79 Å². The summed E-state index contributed by atoms with van der Waals surface area (Å²) in [4.78, 5) is 31.3. The van der Waals surface area contributed by atoms with Gasteiger partial charge in [-0.1, -0.05) is 39.0 Å². The van der Waals surface area contributed by atoms with E-state index in [1.165, 1.54) is 38.3 Å². The first-order chi connectivity index (χ1) is 16.6. The first-order valence-corrected chi connectivity index (χ1v) is 11.7. The van der Waals surface area contributed by atoms with Crippen LogP contribution in [0.2, 0.25) is 0 Å². The zero-order valence-corrected chi connectivity index (χ0v) is 19.6. The molecule has 8 heteroatoms. The minimum Gasteiger partial charge on any atom is -0.497 e. The second-order valence-electron chi connectivity index (χ2n) is 8.26. The molecule has 0 amide bonds. The lowest BCUT2D eigenvalue weighted by molar-refractivity contribution is 0.304. The maximum absolute atomic E-state index is 12.9. The lowest BCUT2D eigenvalue weighted by Crippen LogP contribution is -2.32. The van der Waals surface area contributed by atoms with Gasteiger partial charge in [0.2, 0.25) is 0 Å². The van der Waals surface area contributed by atoms with Crippen molar-refractivity contribution in [3.63, 3.8) is 0 Å². The molecule has 0 atom stereocenters. The summed E-state index contributed by atoms with van der Waals surface area (Å²) in [5, 5.41) is 4.85. The Labute approximate surface area is 197 Å². The van der Waals surface area contributed by atoms with Crippen LogP contribution in [0, 0.1) is 0 Å². The second kappa shape index (κ2) is 10.9. The number of hydrogen-bond donors (Lipinski definition) is 2. The lowest BCUT2D eigenvalue weighted by Gasteiger charge is -2.06. The molecule has 4 rings (SSSR count). The van der Waals surface area contributed by atoms with E-state index in [4.69, 9.17) is 9.47 Å². The van der Waals surface area contributed by atoms with Gasteiger partial charge in [-0.05, 0) is 48.4 Å². The van der Waals surface area contributed by atoms with Crippen LogP contribution in [-0.2, 0) is 0 Å². The van der Waals surface area contributed by atoms with E-state index in [9.17, 15) is 9.59 Å². The van der Waals surface area contributed by atoms with Crippen LogP contribution >= 0.6 is 0 Å². The molecule has 0 aliphatic rings. The maximum atomic E-state index is 12.9. The summed E-state index contributed by atoms with van der Waals surface area (Å²) in [7, 11) is 1.57. The number of hydrogen-bond acceptors (Lipinski definition) is 5. The SMILES string of the molecule is CCCCCCCCOc1ccc(/C=N/n2c(=O)[nH]c3c([nH]c4cc(OC)ccc43)c2=O)cc1. The van der Waals surface area contributed by atoms with Crippen molar-refractivity contribution in [1.82, 2.24) is 14.6 Å². The molecule has 0 saturated carbocycles. The van der Waals surface area contributed by atoms with Crippen LogP contribution < -0.4 is 20.7 Å². The van der Waals surface area contributed by atoms with Crippen molar-refractivity contribution in [2.75, 3.05) is 13.7 Å². The van der Waals surface area contributed by atoms with Crippen LogP contribution in [0.25, 0.3) is 21.9 Å². The highest BCUT2D eigenvalue weighted by atomic mass is 16.5. The first-order valence-electron chi connectivity index (χ1n) is 11.7. The van der Waals surface area contributed by atoms with Crippen molar-refractivity contribution in [2.45, 2.75) is 45.4 Å². The van der Waals surface area contributed by atoms with E-state index in [0.29, 0.717) is 23.4 Å². The van der Waals surface area contributed by atoms with E-state index >= 15 is 0 Å². The predicted molar refractivity (Wildman–Crippen MR) is 136 cm³/mol. The fraction of sp³-hybridized carbons (Fsp3) is 0.346. The molecule has 34 heavy (non-hydrogen) atoms. The highest BCUT2D eigenvalue weighted by Gasteiger charge is 2.13. The van der Waals surface area contributed by atoms with E-state index in [0.717, 1.165) is 27.8 Å². The fourth-order valence-electron chi connectivity index (χ4n) is 3.90. The van der Waals surface area contributed by atoms with Gasteiger partial charge in [0.1, 0.15) is 17.0 Å². The number of H-pyrrole nitrogens is 2. The Hall–Kier alpha value is -3.81. The molecular formula is C26H30N4O4. The van der Waals surface area contributed by atoms with Crippen LogP contribution in [0.5, 0.6) is 11.5 Å². The molecule has 2 aromatic heterocycles. The van der Waals surface area contributed by atoms with Gasteiger partial charge in [-0.2, -0.15) is 5.10 Å². The van der Waals surface area contributed by atoms with E-state index in [1.54, 1.807) is 25.3 Å².